The quantitative estimate of drug-likeness (QED) is 0.727. The zero-order valence-electron chi connectivity index (χ0n) is 9.24. The first-order valence-electron chi connectivity index (χ1n) is 5.60. The molecule has 5 nitrogen and oxygen atoms in total. The van der Waals surface area contributed by atoms with Crippen LogP contribution in [0.2, 0.25) is 0 Å². The third kappa shape index (κ3) is 3.00. The minimum Gasteiger partial charge on any atom is -0.320 e. The molecule has 5 heteroatoms. The Morgan fingerprint density at radius 2 is 2.33 bits per heavy atom. The van der Waals surface area contributed by atoms with E-state index >= 15 is 0 Å². The van der Waals surface area contributed by atoms with Gasteiger partial charge in [-0.1, -0.05) is 0 Å². The van der Waals surface area contributed by atoms with Gasteiger partial charge in [0.25, 0.3) is 0 Å². The summed E-state index contributed by atoms with van der Waals surface area (Å²) in [6.07, 6.45) is 4.30. The van der Waals surface area contributed by atoms with Crippen LogP contribution in [0, 0.1) is 5.92 Å². The zero-order chi connectivity index (χ0) is 10.5. The highest BCUT2D eigenvalue weighted by molar-refractivity contribution is 4.83. The predicted molar refractivity (Wildman–Crippen MR) is 58.3 cm³/mol. The van der Waals surface area contributed by atoms with Crippen molar-refractivity contribution in [2.75, 3.05) is 19.6 Å². The summed E-state index contributed by atoms with van der Waals surface area (Å²) in [5, 5.41) is 14.7. The molecule has 15 heavy (non-hydrogen) atoms. The van der Waals surface area contributed by atoms with E-state index in [-0.39, 0.29) is 0 Å². The molecule has 1 fully saturated rings. The lowest BCUT2D eigenvalue weighted by molar-refractivity contribution is 0.354. The summed E-state index contributed by atoms with van der Waals surface area (Å²) in [6, 6.07) is 0. The summed E-state index contributed by atoms with van der Waals surface area (Å²) in [4.78, 5) is 0. The van der Waals surface area contributed by atoms with Crippen LogP contribution in [0.15, 0.2) is 6.33 Å². The summed E-state index contributed by atoms with van der Waals surface area (Å²) in [5.74, 6) is 1.82. The van der Waals surface area contributed by atoms with Crippen molar-refractivity contribution in [2.45, 2.75) is 19.4 Å². The van der Waals surface area contributed by atoms with Gasteiger partial charge >= 0.3 is 0 Å². The first kappa shape index (κ1) is 10.6. The predicted octanol–water partition coefficient (Wildman–Crippen LogP) is -0.0957. The lowest BCUT2D eigenvalue weighted by Gasteiger charge is -2.22. The van der Waals surface area contributed by atoms with Crippen molar-refractivity contribution in [3.8, 4) is 0 Å². The fourth-order valence-electron chi connectivity index (χ4n) is 1.94. The molecule has 2 heterocycles. The molecule has 84 valence electrons. The second kappa shape index (κ2) is 5.23. The molecule has 0 aliphatic carbocycles. The van der Waals surface area contributed by atoms with E-state index < -0.39 is 0 Å². The van der Waals surface area contributed by atoms with Gasteiger partial charge in [-0.2, -0.15) is 0 Å². The van der Waals surface area contributed by atoms with Crippen molar-refractivity contribution in [3.63, 3.8) is 0 Å². The molecule has 0 bridgehead atoms. The molecule has 2 N–H and O–H groups in total. The smallest absolute Gasteiger partial charge is 0.146 e. The van der Waals surface area contributed by atoms with Gasteiger partial charge in [0.2, 0.25) is 0 Å². The number of nitrogens with zero attached hydrogens (tertiary/aromatic N) is 3. The van der Waals surface area contributed by atoms with Gasteiger partial charge in [0.1, 0.15) is 12.2 Å². The molecule has 0 amide bonds. The number of aromatic nitrogens is 3. The van der Waals surface area contributed by atoms with Gasteiger partial charge in [0, 0.05) is 7.05 Å². The molecule has 0 unspecified atom stereocenters. The Kier molecular flexibility index (Phi) is 3.69. The Labute approximate surface area is 90.3 Å². The van der Waals surface area contributed by atoms with Crippen molar-refractivity contribution in [1.82, 2.24) is 25.4 Å². The van der Waals surface area contributed by atoms with Gasteiger partial charge in [-0.15, -0.1) is 10.2 Å². The van der Waals surface area contributed by atoms with Gasteiger partial charge in [-0.3, -0.25) is 0 Å². The third-order valence-electron chi connectivity index (χ3n) is 2.98. The number of rotatable bonds is 4. The lowest BCUT2D eigenvalue weighted by atomic mass is 9.98. The van der Waals surface area contributed by atoms with Gasteiger partial charge < -0.3 is 15.2 Å². The Morgan fingerprint density at radius 3 is 3.00 bits per heavy atom. The Morgan fingerprint density at radius 1 is 1.53 bits per heavy atom. The molecule has 2 rings (SSSR count). The molecule has 1 aromatic rings. The maximum absolute atomic E-state index is 4.04. The van der Waals surface area contributed by atoms with Gasteiger partial charge in [0.15, 0.2) is 0 Å². The molecular weight excluding hydrogens is 190 g/mol. The van der Waals surface area contributed by atoms with E-state index in [1.807, 2.05) is 11.6 Å². The second-order valence-electron chi connectivity index (χ2n) is 4.18. The maximum Gasteiger partial charge on any atom is 0.146 e. The highest BCUT2D eigenvalue weighted by Crippen LogP contribution is 2.09. The van der Waals surface area contributed by atoms with Gasteiger partial charge in [-0.25, -0.2) is 0 Å². The van der Waals surface area contributed by atoms with E-state index in [1.165, 1.54) is 12.8 Å². The van der Waals surface area contributed by atoms with Crippen LogP contribution in [0.4, 0.5) is 0 Å². The average molecular weight is 209 g/mol. The third-order valence-corrected chi connectivity index (χ3v) is 2.98. The number of piperidine rings is 1. The molecule has 0 spiro atoms. The molecule has 1 aromatic heterocycles. The fraction of sp³-hybridized carbons (Fsp3) is 0.800. The van der Waals surface area contributed by atoms with Crippen molar-refractivity contribution in [1.29, 1.82) is 0 Å². The average Bonchev–Trinajstić information content (AvgIpc) is 2.66. The molecule has 1 aliphatic heterocycles. The van der Waals surface area contributed by atoms with E-state index in [1.54, 1.807) is 6.33 Å². The second-order valence-corrected chi connectivity index (χ2v) is 4.18. The Balaban J connectivity index is 1.68. The van der Waals surface area contributed by atoms with Crippen LogP contribution in [-0.4, -0.2) is 34.4 Å². The number of hydrogen-bond acceptors (Lipinski definition) is 4. The normalized spacial score (nSPS) is 18.2. The monoisotopic (exact) mass is 209 g/mol. The van der Waals surface area contributed by atoms with Crippen molar-refractivity contribution in [2.24, 2.45) is 13.0 Å². The van der Waals surface area contributed by atoms with E-state index in [2.05, 4.69) is 20.8 Å². The van der Waals surface area contributed by atoms with Crippen LogP contribution in [0.3, 0.4) is 0 Å². The topological polar surface area (TPSA) is 54.8 Å². The molecule has 0 atom stereocenters. The fourth-order valence-corrected chi connectivity index (χ4v) is 1.94. The molecule has 0 saturated carbocycles. The Hall–Kier alpha value is -0.940. The molecule has 1 aliphatic rings. The first-order chi connectivity index (χ1) is 7.36. The van der Waals surface area contributed by atoms with Crippen molar-refractivity contribution >= 4 is 0 Å². The molecule has 0 radical (unpaired) electrons. The largest absolute Gasteiger partial charge is 0.320 e. The van der Waals surface area contributed by atoms with Crippen LogP contribution < -0.4 is 10.6 Å². The molecular formula is C10H19N5. The van der Waals surface area contributed by atoms with Crippen molar-refractivity contribution < 1.29 is 0 Å². The van der Waals surface area contributed by atoms with E-state index in [0.717, 1.165) is 37.9 Å². The minimum atomic E-state index is 0.819. The van der Waals surface area contributed by atoms with Crippen LogP contribution in [-0.2, 0) is 13.6 Å². The molecule has 1 saturated heterocycles. The highest BCUT2D eigenvalue weighted by Gasteiger charge is 2.12. The van der Waals surface area contributed by atoms with E-state index in [0.29, 0.717) is 0 Å². The summed E-state index contributed by atoms with van der Waals surface area (Å²) < 4.78 is 1.95. The summed E-state index contributed by atoms with van der Waals surface area (Å²) in [6.45, 7) is 4.24. The number of aryl methyl sites for hydroxylation is 1. The maximum atomic E-state index is 4.04. The lowest BCUT2D eigenvalue weighted by Crippen LogP contribution is -2.33. The van der Waals surface area contributed by atoms with E-state index in [9.17, 15) is 0 Å². The SMILES string of the molecule is Cn1cnnc1CNCC1CCNCC1. The van der Waals surface area contributed by atoms with E-state index in [4.69, 9.17) is 0 Å². The van der Waals surface area contributed by atoms with Crippen LogP contribution >= 0.6 is 0 Å². The Bertz CT molecular complexity index is 290. The summed E-state index contributed by atoms with van der Waals surface area (Å²) in [5.41, 5.74) is 0. The minimum absolute atomic E-state index is 0.819. The number of hydrogen-bond donors (Lipinski definition) is 2. The van der Waals surface area contributed by atoms with Crippen molar-refractivity contribution in [3.05, 3.63) is 12.2 Å². The van der Waals surface area contributed by atoms with Crippen LogP contribution in [0.25, 0.3) is 0 Å². The van der Waals surface area contributed by atoms with Crippen LogP contribution in [0.5, 0.6) is 0 Å². The summed E-state index contributed by atoms with van der Waals surface area (Å²) >= 11 is 0. The number of nitrogens with one attached hydrogen (secondary N) is 2. The summed E-state index contributed by atoms with van der Waals surface area (Å²) in [7, 11) is 1.97. The van der Waals surface area contributed by atoms with Gasteiger partial charge in [-0.05, 0) is 38.4 Å². The standard InChI is InChI=1S/C10H19N5/c1-15-8-13-14-10(15)7-12-6-9-2-4-11-5-3-9/h8-9,11-12H,2-7H2,1H3. The molecule has 0 aromatic carbocycles. The zero-order valence-corrected chi connectivity index (χ0v) is 9.24. The first-order valence-corrected chi connectivity index (χ1v) is 5.60. The van der Waals surface area contributed by atoms with Gasteiger partial charge in [0.05, 0.1) is 6.54 Å². The highest BCUT2D eigenvalue weighted by atomic mass is 15.3. The van der Waals surface area contributed by atoms with Crippen LogP contribution in [0.1, 0.15) is 18.7 Å².